The van der Waals surface area contributed by atoms with Crippen molar-refractivity contribution in [1.82, 2.24) is 29.9 Å². The third kappa shape index (κ3) is 10.0. The largest absolute Gasteiger partial charge is 0.573 e. The Morgan fingerprint density at radius 1 is 0.722 bits per heavy atom. The molecule has 0 fully saturated rings. The summed E-state index contributed by atoms with van der Waals surface area (Å²) in [5, 5.41) is 0.358. The number of aromatic amines is 2. The molecular weight excluding hydrogens is 767 g/mol. The van der Waals surface area contributed by atoms with Crippen LogP contribution in [0.15, 0.2) is 65.2 Å². The molecule has 0 saturated carbocycles. The van der Waals surface area contributed by atoms with Crippen molar-refractivity contribution >= 4 is 43.7 Å². The molecule has 0 aliphatic carbocycles. The number of hydrogen-bond acceptors (Lipinski definition) is 10. The van der Waals surface area contributed by atoms with Crippen LogP contribution in [0.1, 0.15) is 28.1 Å². The van der Waals surface area contributed by atoms with Crippen molar-refractivity contribution in [2.75, 3.05) is 20.8 Å². The smallest absolute Gasteiger partial charge is 0.496 e. The number of ether oxygens (including phenoxy) is 4. The summed E-state index contributed by atoms with van der Waals surface area (Å²) in [6.07, 6.45) is -6.00. The third-order valence-corrected chi connectivity index (χ3v) is 10.0. The summed E-state index contributed by atoms with van der Waals surface area (Å²) in [7, 11) is 0.00882. The number of pyridine rings is 2. The summed E-state index contributed by atoms with van der Waals surface area (Å²) in [5.41, 5.74) is 5.24. The lowest BCUT2D eigenvalue weighted by atomic mass is 10.1. The minimum Gasteiger partial charge on any atom is -0.496 e. The van der Waals surface area contributed by atoms with E-state index in [4.69, 9.17) is 14.2 Å². The van der Waals surface area contributed by atoms with Crippen molar-refractivity contribution in [1.29, 1.82) is 0 Å². The molecule has 0 amide bonds. The van der Waals surface area contributed by atoms with Crippen molar-refractivity contribution in [2.45, 2.75) is 55.1 Å². The molecule has 0 saturated heterocycles. The van der Waals surface area contributed by atoms with E-state index in [2.05, 4.69) is 34.6 Å². The molecule has 0 bridgehead atoms. The molecule has 54 heavy (non-hydrogen) atoms. The number of fused-ring (bicyclic) bond motifs is 2. The van der Waals surface area contributed by atoms with Crippen LogP contribution in [-0.2, 0) is 33.1 Å². The number of benzene rings is 2. The Balaban J connectivity index is 0.000000208. The van der Waals surface area contributed by atoms with Gasteiger partial charge in [0.25, 0.3) is 0 Å². The van der Waals surface area contributed by atoms with Gasteiger partial charge in [0.2, 0.25) is 0 Å². The second-order valence-corrected chi connectivity index (χ2v) is 14.2. The number of imidazole rings is 2. The highest BCUT2D eigenvalue weighted by atomic mass is 32.2. The molecule has 0 radical (unpaired) electrons. The minimum absolute atomic E-state index is 0.0473. The SMILES string of the molecule is COc1c(C)cnc(CS(=O)c2nc3ccc(OC(F)(F)F)cc3[nH]2)c1C.COc1ccnc(CS(=O)c2nc3ccc(OCC(F)(F)F)cc3[nH]2)c1C. The third-order valence-electron chi connectivity index (χ3n) is 7.69. The van der Waals surface area contributed by atoms with Crippen LogP contribution in [0.5, 0.6) is 23.0 Å². The van der Waals surface area contributed by atoms with Gasteiger partial charge in [-0.3, -0.25) is 18.4 Å². The normalized spacial score (nSPS) is 12.9. The highest BCUT2D eigenvalue weighted by Crippen LogP contribution is 2.29. The summed E-state index contributed by atoms with van der Waals surface area (Å²) >= 11 is 0. The van der Waals surface area contributed by atoms with Gasteiger partial charge in [-0.15, -0.1) is 13.2 Å². The Hall–Kier alpha value is -5.24. The van der Waals surface area contributed by atoms with Crippen molar-refractivity contribution in [3.8, 4) is 23.0 Å². The maximum absolute atomic E-state index is 12.7. The molecule has 288 valence electrons. The van der Waals surface area contributed by atoms with Crippen LogP contribution in [0.2, 0.25) is 0 Å². The van der Waals surface area contributed by atoms with Gasteiger partial charge in [-0.05, 0) is 51.1 Å². The van der Waals surface area contributed by atoms with Crippen molar-refractivity contribution in [2.24, 2.45) is 0 Å². The van der Waals surface area contributed by atoms with Crippen LogP contribution < -0.4 is 18.9 Å². The van der Waals surface area contributed by atoms with Crippen molar-refractivity contribution in [3.05, 3.63) is 82.9 Å². The van der Waals surface area contributed by atoms with Crippen LogP contribution in [0.25, 0.3) is 22.1 Å². The van der Waals surface area contributed by atoms with E-state index in [1.165, 1.54) is 24.3 Å². The number of hydrogen-bond donors (Lipinski definition) is 2. The van der Waals surface area contributed by atoms with Crippen LogP contribution in [-0.4, -0.2) is 71.7 Å². The van der Waals surface area contributed by atoms with E-state index in [9.17, 15) is 34.8 Å². The predicted octanol–water partition coefficient (Wildman–Crippen LogP) is 7.31. The fraction of sp³-hybridized carbons (Fsp3) is 0.294. The van der Waals surface area contributed by atoms with Gasteiger partial charge in [-0.1, -0.05) is 0 Å². The molecule has 0 aliphatic heterocycles. The zero-order chi connectivity index (χ0) is 39.4. The number of nitrogens with one attached hydrogen (secondary N) is 2. The van der Waals surface area contributed by atoms with E-state index in [-0.39, 0.29) is 33.3 Å². The lowest BCUT2D eigenvalue weighted by Crippen LogP contribution is -2.19. The van der Waals surface area contributed by atoms with Gasteiger partial charge in [0.1, 0.15) is 23.0 Å². The first-order valence-corrected chi connectivity index (χ1v) is 18.3. The first kappa shape index (κ1) is 40.0. The van der Waals surface area contributed by atoms with Gasteiger partial charge in [-0.2, -0.15) is 13.2 Å². The molecule has 6 aromatic rings. The second-order valence-electron chi connectivity index (χ2n) is 11.5. The number of methoxy groups -OCH3 is 2. The zero-order valence-electron chi connectivity index (χ0n) is 29.1. The molecule has 0 spiro atoms. The molecule has 4 heterocycles. The Kier molecular flexibility index (Phi) is 12.1. The first-order chi connectivity index (χ1) is 25.4. The van der Waals surface area contributed by atoms with Crippen molar-refractivity contribution in [3.63, 3.8) is 0 Å². The summed E-state index contributed by atoms with van der Waals surface area (Å²) in [6.45, 7) is 4.12. The van der Waals surface area contributed by atoms with Crippen LogP contribution in [0.3, 0.4) is 0 Å². The topological polar surface area (TPSA) is 154 Å². The summed E-state index contributed by atoms with van der Waals surface area (Å²) < 4.78 is 118. The van der Waals surface area contributed by atoms with Crippen LogP contribution in [0.4, 0.5) is 26.3 Å². The summed E-state index contributed by atoms with van der Waals surface area (Å²) in [6, 6.07) is 9.68. The summed E-state index contributed by atoms with van der Waals surface area (Å²) in [5.74, 6) is 1.21. The van der Waals surface area contributed by atoms with Crippen LogP contribution >= 0.6 is 0 Å². The fourth-order valence-corrected chi connectivity index (χ4v) is 7.33. The van der Waals surface area contributed by atoms with E-state index in [1.54, 1.807) is 32.7 Å². The molecule has 2 N–H and O–H groups in total. The maximum Gasteiger partial charge on any atom is 0.573 e. The van der Waals surface area contributed by atoms with Gasteiger partial charge in [0, 0.05) is 41.2 Å². The van der Waals surface area contributed by atoms with E-state index < -0.39 is 40.7 Å². The van der Waals surface area contributed by atoms with E-state index in [0.29, 0.717) is 45.0 Å². The second kappa shape index (κ2) is 16.4. The number of aromatic nitrogens is 6. The molecule has 2 atom stereocenters. The lowest BCUT2D eigenvalue weighted by Gasteiger charge is -2.11. The van der Waals surface area contributed by atoms with E-state index >= 15 is 0 Å². The van der Waals surface area contributed by atoms with Crippen molar-refractivity contribution < 1.29 is 53.7 Å². The van der Waals surface area contributed by atoms with Gasteiger partial charge >= 0.3 is 12.5 Å². The zero-order valence-corrected chi connectivity index (χ0v) is 30.8. The standard InChI is InChI=1S/2C17H16F3N3O3S/c1-9-7-21-14(10(2)15(9)25-3)8-27(24)16-22-12-5-4-11(6-13(12)23-16)26-17(18,19)20;1-10-14(21-6-5-15(10)25-2)8-27(24)16-22-12-4-3-11(7-13(12)23-16)26-9-17(18,19)20/h4-7H,8H2,1-3H3,(H,22,23);3-7H,8-9H2,1-2H3,(H,22,23). The summed E-state index contributed by atoms with van der Waals surface area (Å²) in [4.78, 5) is 22.6. The molecule has 20 heteroatoms. The van der Waals surface area contributed by atoms with E-state index in [1.807, 2.05) is 20.8 Å². The Morgan fingerprint density at radius 3 is 1.81 bits per heavy atom. The van der Waals surface area contributed by atoms with Gasteiger partial charge in [0.05, 0.1) is 80.8 Å². The lowest BCUT2D eigenvalue weighted by molar-refractivity contribution is -0.274. The number of halogens is 6. The van der Waals surface area contributed by atoms with E-state index in [0.717, 1.165) is 28.8 Å². The quantitative estimate of drug-likeness (QED) is 0.128. The highest BCUT2D eigenvalue weighted by molar-refractivity contribution is 7.84. The predicted molar refractivity (Wildman–Crippen MR) is 186 cm³/mol. The highest BCUT2D eigenvalue weighted by Gasteiger charge is 2.31. The molecule has 12 nitrogen and oxygen atoms in total. The molecular formula is C34H32F6N6O6S2. The number of alkyl halides is 6. The average molecular weight is 799 g/mol. The Morgan fingerprint density at radius 2 is 1.28 bits per heavy atom. The monoisotopic (exact) mass is 798 g/mol. The molecule has 4 aromatic heterocycles. The first-order valence-electron chi connectivity index (χ1n) is 15.6. The molecule has 6 rings (SSSR count). The molecule has 2 aromatic carbocycles. The number of rotatable bonds is 11. The Bertz CT molecular complexity index is 2330. The van der Waals surface area contributed by atoms with Crippen LogP contribution in [0, 0.1) is 20.8 Å². The average Bonchev–Trinajstić information content (AvgIpc) is 3.73. The maximum atomic E-state index is 12.7. The molecule has 2 unspecified atom stereocenters. The number of nitrogens with zero attached hydrogens (tertiary/aromatic N) is 4. The van der Waals surface area contributed by atoms with Gasteiger partial charge < -0.3 is 28.9 Å². The minimum atomic E-state index is -4.78. The fourth-order valence-electron chi connectivity index (χ4n) is 5.13. The van der Waals surface area contributed by atoms with Gasteiger partial charge in [-0.25, -0.2) is 9.97 Å². The molecule has 0 aliphatic rings. The van der Waals surface area contributed by atoms with Gasteiger partial charge in [0.15, 0.2) is 16.9 Å². The Labute approximate surface area is 308 Å². The number of H-pyrrole nitrogens is 2. The number of aryl methyl sites for hydroxylation is 1.